The molecule has 0 radical (unpaired) electrons. The van der Waals surface area contributed by atoms with Crippen LogP contribution in [0.25, 0.3) is 0 Å². The Bertz CT molecular complexity index is 1280. The van der Waals surface area contributed by atoms with Crippen LogP contribution in [0, 0.1) is 11.3 Å². The van der Waals surface area contributed by atoms with Crippen LogP contribution in [-0.4, -0.2) is 40.6 Å². The fraction of sp³-hybridized carbons (Fsp3) is 0.333. The summed E-state index contributed by atoms with van der Waals surface area (Å²) < 4.78 is 40.5. The number of Topliss-reactive ketones (excluding diaryl/α,β-unsaturated/α-hetero) is 1. The van der Waals surface area contributed by atoms with Crippen LogP contribution in [0.4, 0.5) is 18.9 Å². The van der Waals surface area contributed by atoms with Crippen molar-refractivity contribution in [2.24, 2.45) is 4.99 Å². The van der Waals surface area contributed by atoms with Gasteiger partial charge in [-0.05, 0) is 63.6 Å². The monoisotopic (exact) mass is 528 g/mol. The van der Waals surface area contributed by atoms with Crippen molar-refractivity contribution >= 4 is 34.3 Å². The fourth-order valence-corrected chi connectivity index (χ4v) is 5.13. The van der Waals surface area contributed by atoms with E-state index in [-0.39, 0.29) is 23.1 Å². The number of alkyl halides is 3. The number of rotatable bonds is 7. The first-order valence-electron chi connectivity index (χ1n) is 11.7. The van der Waals surface area contributed by atoms with E-state index in [0.717, 1.165) is 23.9 Å². The zero-order valence-electron chi connectivity index (χ0n) is 21.0. The number of thioether (sulfide) groups is 1. The molecule has 37 heavy (non-hydrogen) atoms. The molecule has 0 bridgehead atoms. The molecule has 2 aromatic carbocycles. The topological polar surface area (TPSA) is 76.8 Å². The maximum atomic E-state index is 13.5. The molecule has 1 atom stereocenters. The van der Waals surface area contributed by atoms with E-state index in [0.29, 0.717) is 40.7 Å². The molecular formula is C27H27F3N4O2S. The molecular weight excluding hydrogens is 501 g/mol. The number of nitriles is 1. The predicted octanol–water partition coefficient (Wildman–Crippen LogP) is 5.96. The lowest BCUT2D eigenvalue weighted by Crippen LogP contribution is -2.37. The highest BCUT2D eigenvalue weighted by Gasteiger charge is 2.35. The molecule has 10 heteroatoms. The number of carbonyl (C=O) groups excluding carboxylic acids is 2. The normalized spacial score (nSPS) is 15.8. The summed E-state index contributed by atoms with van der Waals surface area (Å²) in [4.78, 5) is 33.5. The second kappa shape index (κ2) is 11.6. The van der Waals surface area contributed by atoms with E-state index in [1.54, 1.807) is 36.1 Å². The molecule has 194 valence electrons. The van der Waals surface area contributed by atoms with Crippen LogP contribution in [0.1, 0.15) is 50.4 Å². The number of hydrogen-bond acceptors (Lipinski definition) is 6. The van der Waals surface area contributed by atoms with Crippen molar-refractivity contribution in [3.05, 3.63) is 76.5 Å². The Hall–Kier alpha value is -3.58. The third kappa shape index (κ3) is 6.23. The van der Waals surface area contributed by atoms with Crippen LogP contribution in [0.5, 0.6) is 0 Å². The minimum Gasteiger partial charge on any atom is -0.343 e. The number of amidine groups is 1. The molecule has 0 saturated carbocycles. The Morgan fingerprint density at radius 3 is 2.32 bits per heavy atom. The van der Waals surface area contributed by atoms with Crippen LogP contribution >= 0.6 is 11.8 Å². The van der Waals surface area contributed by atoms with Gasteiger partial charge in [0.2, 0.25) is 5.91 Å². The van der Waals surface area contributed by atoms with E-state index in [9.17, 15) is 22.8 Å². The van der Waals surface area contributed by atoms with Gasteiger partial charge in [-0.15, -0.1) is 0 Å². The summed E-state index contributed by atoms with van der Waals surface area (Å²) in [5, 5.41) is 9.45. The first kappa shape index (κ1) is 28.0. The molecule has 0 fully saturated rings. The molecule has 0 aliphatic carbocycles. The molecule has 0 spiro atoms. The van der Waals surface area contributed by atoms with E-state index in [1.807, 2.05) is 19.9 Å². The number of anilines is 1. The summed E-state index contributed by atoms with van der Waals surface area (Å²) in [6.45, 7) is 7.84. The van der Waals surface area contributed by atoms with E-state index >= 15 is 0 Å². The summed E-state index contributed by atoms with van der Waals surface area (Å²) in [7, 11) is 0. The lowest BCUT2D eigenvalue weighted by molar-refractivity contribution is -0.137. The molecule has 1 heterocycles. The molecule has 2 aromatic rings. The average molecular weight is 529 g/mol. The fourth-order valence-electron chi connectivity index (χ4n) is 4.14. The molecule has 0 saturated heterocycles. The van der Waals surface area contributed by atoms with Crippen LogP contribution in [0.3, 0.4) is 0 Å². The lowest BCUT2D eigenvalue weighted by Gasteiger charge is -2.35. The number of benzene rings is 2. The zero-order valence-corrected chi connectivity index (χ0v) is 21.8. The molecule has 6 nitrogen and oxygen atoms in total. The van der Waals surface area contributed by atoms with Gasteiger partial charge in [0.1, 0.15) is 6.04 Å². The highest BCUT2D eigenvalue weighted by atomic mass is 32.2. The second-order valence-corrected chi connectivity index (χ2v) is 9.28. The third-order valence-electron chi connectivity index (χ3n) is 6.04. The number of aliphatic imine (C=N–C) groups is 1. The second-order valence-electron chi connectivity index (χ2n) is 8.34. The molecule has 0 aromatic heterocycles. The van der Waals surface area contributed by atoms with Gasteiger partial charge >= 0.3 is 6.18 Å². The van der Waals surface area contributed by atoms with E-state index in [1.165, 1.54) is 24.0 Å². The Balaban J connectivity index is 2.15. The van der Waals surface area contributed by atoms with Gasteiger partial charge in [0.15, 0.2) is 11.0 Å². The quantitative estimate of drug-likeness (QED) is 0.443. The van der Waals surface area contributed by atoms with Crippen LogP contribution in [0.2, 0.25) is 0 Å². The minimum atomic E-state index is -4.55. The molecule has 1 unspecified atom stereocenters. The highest BCUT2D eigenvalue weighted by Crippen LogP contribution is 2.40. The van der Waals surface area contributed by atoms with Gasteiger partial charge in [-0.3, -0.25) is 14.5 Å². The van der Waals surface area contributed by atoms with Gasteiger partial charge in [0.25, 0.3) is 0 Å². The summed E-state index contributed by atoms with van der Waals surface area (Å²) in [5.41, 5.74) is 1.19. The lowest BCUT2D eigenvalue weighted by atomic mass is 9.93. The standard InChI is InChI=1S/C27H27F3N4O2S/c1-5-33(6-2)23(36)16-37-26-32-25(20-12-10-19(15-31)11-13-20)24(18(4)35)17(3)34(26)22-9-7-8-21(14-22)27(28,29)30/h7-14,25H,5-6,16H2,1-4H3. The summed E-state index contributed by atoms with van der Waals surface area (Å²) in [6.07, 6.45) is -4.55. The van der Waals surface area contributed by atoms with Gasteiger partial charge in [-0.25, -0.2) is 4.99 Å². The number of amides is 1. The summed E-state index contributed by atoms with van der Waals surface area (Å²) in [6, 6.07) is 12.7. The Morgan fingerprint density at radius 1 is 1.14 bits per heavy atom. The molecule has 0 N–H and O–H groups in total. The number of allylic oxidation sites excluding steroid dienone is 1. The average Bonchev–Trinajstić information content (AvgIpc) is 2.87. The van der Waals surface area contributed by atoms with E-state index < -0.39 is 17.8 Å². The minimum absolute atomic E-state index is 0.0265. The smallest absolute Gasteiger partial charge is 0.343 e. The van der Waals surface area contributed by atoms with Crippen molar-refractivity contribution < 1.29 is 22.8 Å². The van der Waals surface area contributed by atoms with Crippen molar-refractivity contribution in [1.29, 1.82) is 5.26 Å². The molecule has 3 rings (SSSR count). The number of hydrogen-bond donors (Lipinski definition) is 0. The van der Waals surface area contributed by atoms with Crippen molar-refractivity contribution in [2.75, 3.05) is 23.7 Å². The first-order chi connectivity index (χ1) is 17.5. The van der Waals surface area contributed by atoms with Crippen LogP contribution in [-0.2, 0) is 15.8 Å². The van der Waals surface area contributed by atoms with Crippen LogP contribution < -0.4 is 4.90 Å². The van der Waals surface area contributed by atoms with E-state index in [2.05, 4.69) is 0 Å². The largest absolute Gasteiger partial charge is 0.416 e. The molecule has 1 aliphatic rings. The Kier molecular flexibility index (Phi) is 8.81. The third-order valence-corrected chi connectivity index (χ3v) is 6.97. The maximum absolute atomic E-state index is 13.5. The zero-order chi connectivity index (χ0) is 27.3. The number of halogens is 3. The summed E-state index contributed by atoms with van der Waals surface area (Å²) >= 11 is 1.11. The molecule has 1 amide bonds. The maximum Gasteiger partial charge on any atom is 0.416 e. The Morgan fingerprint density at radius 2 is 1.78 bits per heavy atom. The van der Waals surface area contributed by atoms with Gasteiger partial charge in [-0.1, -0.05) is 30.0 Å². The van der Waals surface area contributed by atoms with Gasteiger partial charge < -0.3 is 4.90 Å². The van der Waals surface area contributed by atoms with Crippen molar-refractivity contribution in [1.82, 2.24) is 4.90 Å². The summed E-state index contributed by atoms with van der Waals surface area (Å²) in [5.74, 6) is -0.384. The van der Waals surface area contributed by atoms with Crippen molar-refractivity contribution in [3.8, 4) is 6.07 Å². The van der Waals surface area contributed by atoms with Crippen molar-refractivity contribution in [3.63, 3.8) is 0 Å². The number of carbonyl (C=O) groups is 2. The van der Waals surface area contributed by atoms with Crippen molar-refractivity contribution in [2.45, 2.75) is 39.9 Å². The highest BCUT2D eigenvalue weighted by molar-refractivity contribution is 8.14. The first-order valence-corrected chi connectivity index (χ1v) is 12.7. The molecule has 1 aliphatic heterocycles. The number of ketones is 1. The predicted molar refractivity (Wildman–Crippen MR) is 139 cm³/mol. The SMILES string of the molecule is CCN(CC)C(=O)CSC1=NC(c2ccc(C#N)cc2)C(C(C)=O)=C(C)N1c1cccc(C(F)(F)F)c1. The Labute approximate surface area is 218 Å². The van der Waals surface area contributed by atoms with Gasteiger partial charge in [0, 0.05) is 30.0 Å². The van der Waals surface area contributed by atoms with Gasteiger partial charge in [0.05, 0.1) is 22.9 Å². The van der Waals surface area contributed by atoms with E-state index in [4.69, 9.17) is 10.3 Å². The number of nitrogens with zero attached hydrogens (tertiary/aromatic N) is 4. The van der Waals surface area contributed by atoms with Gasteiger partial charge in [-0.2, -0.15) is 18.4 Å². The van der Waals surface area contributed by atoms with Crippen LogP contribution in [0.15, 0.2) is 64.8 Å².